The van der Waals surface area contributed by atoms with Gasteiger partial charge in [0.15, 0.2) is 5.82 Å². The summed E-state index contributed by atoms with van der Waals surface area (Å²) in [5.74, 6) is 0.274. The normalized spacial score (nSPS) is 22.5. The second-order valence-corrected chi connectivity index (χ2v) is 14.3. The number of piperidine rings is 1. The summed E-state index contributed by atoms with van der Waals surface area (Å²) in [5, 5.41) is 10.8. The molecule has 3 aliphatic rings. The molecule has 250 valence electrons. The number of likely N-dealkylation sites (tertiary alicyclic amines) is 1. The van der Waals surface area contributed by atoms with Gasteiger partial charge < -0.3 is 19.3 Å². The number of amides is 1. The minimum absolute atomic E-state index is 0.0134. The number of anilines is 1. The Labute approximate surface area is 282 Å². The van der Waals surface area contributed by atoms with Crippen molar-refractivity contribution in [1.29, 1.82) is 5.26 Å². The molecule has 13 heteroatoms. The van der Waals surface area contributed by atoms with Crippen molar-refractivity contribution < 1.29 is 23.0 Å². The Hall–Kier alpha value is -4.34. The molecule has 0 spiro atoms. The van der Waals surface area contributed by atoms with Gasteiger partial charge in [0.25, 0.3) is 0 Å². The second-order valence-electron chi connectivity index (χ2n) is 13.9. The molecule has 0 bridgehead atoms. The molecule has 2 saturated heterocycles. The van der Waals surface area contributed by atoms with E-state index in [1.54, 1.807) is 49.9 Å². The Balaban J connectivity index is 1.30. The van der Waals surface area contributed by atoms with Gasteiger partial charge in [-0.3, -0.25) is 9.88 Å². The molecule has 1 aliphatic carbocycles. The molecule has 1 saturated carbocycles. The lowest BCUT2D eigenvalue weighted by atomic mass is 10.0. The zero-order valence-corrected chi connectivity index (χ0v) is 28.0. The van der Waals surface area contributed by atoms with Gasteiger partial charge in [0, 0.05) is 49.4 Å². The monoisotopic (exact) mass is 675 g/mol. The van der Waals surface area contributed by atoms with E-state index >= 15 is 4.39 Å². The van der Waals surface area contributed by atoms with Crippen LogP contribution in [0.4, 0.5) is 19.4 Å². The van der Waals surface area contributed by atoms with Crippen molar-refractivity contribution in [2.75, 3.05) is 44.7 Å². The van der Waals surface area contributed by atoms with E-state index in [0.29, 0.717) is 52.5 Å². The highest BCUT2D eigenvalue weighted by molar-refractivity contribution is 6.36. The Kier molecular flexibility index (Phi) is 8.24. The lowest BCUT2D eigenvalue weighted by Gasteiger charge is -2.41. The number of benzene rings is 2. The summed E-state index contributed by atoms with van der Waals surface area (Å²) in [6.45, 7) is 7.58. The van der Waals surface area contributed by atoms with Crippen LogP contribution < -0.4 is 9.64 Å². The summed E-state index contributed by atoms with van der Waals surface area (Å²) in [7, 11) is 2.07. The molecule has 3 fully saturated rings. The van der Waals surface area contributed by atoms with Gasteiger partial charge in [0.05, 0.1) is 28.9 Å². The van der Waals surface area contributed by atoms with E-state index in [1.807, 2.05) is 4.90 Å². The minimum Gasteiger partial charge on any atom is -0.462 e. The topological polar surface area (TPSA) is 108 Å². The summed E-state index contributed by atoms with van der Waals surface area (Å²) in [4.78, 5) is 32.7. The fourth-order valence-corrected chi connectivity index (χ4v) is 7.38. The van der Waals surface area contributed by atoms with Crippen molar-refractivity contribution in [2.24, 2.45) is 11.8 Å². The van der Waals surface area contributed by atoms with Crippen LogP contribution in [0.1, 0.15) is 33.6 Å². The second kappa shape index (κ2) is 12.3. The van der Waals surface area contributed by atoms with E-state index in [-0.39, 0.29) is 47.8 Å². The average molecular weight is 676 g/mol. The number of hydrogen-bond acceptors (Lipinski definition) is 9. The van der Waals surface area contributed by atoms with Crippen molar-refractivity contribution in [1.82, 2.24) is 24.8 Å². The third-order valence-corrected chi connectivity index (χ3v) is 9.88. The van der Waals surface area contributed by atoms with Crippen molar-refractivity contribution in [3.05, 3.63) is 53.2 Å². The lowest BCUT2D eigenvalue weighted by molar-refractivity contribution is 0.0145. The number of ether oxygens (including phenoxy) is 2. The van der Waals surface area contributed by atoms with Crippen LogP contribution >= 0.6 is 11.6 Å². The molecule has 4 atom stereocenters. The van der Waals surface area contributed by atoms with Crippen LogP contribution in [0.3, 0.4) is 0 Å². The van der Waals surface area contributed by atoms with Gasteiger partial charge in [0.1, 0.15) is 35.1 Å². The van der Waals surface area contributed by atoms with Gasteiger partial charge in [-0.1, -0.05) is 35.9 Å². The van der Waals surface area contributed by atoms with Crippen LogP contribution in [-0.4, -0.2) is 88.4 Å². The molecule has 2 aromatic heterocycles. The van der Waals surface area contributed by atoms with E-state index in [9.17, 15) is 14.4 Å². The summed E-state index contributed by atoms with van der Waals surface area (Å²) in [6, 6.07) is 9.92. The fourth-order valence-electron chi connectivity index (χ4n) is 7.11. The van der Waals surface area contributed by atoms with Crippen LogP contribution in [0.25, 0.3) is 32.9 Å². The molecule has 7 rings (SSSR count). The third-order valence-electron chi connectivity index (χ3n) is 9.51. The van der Waals surface area contributed by atoms with Crippen LogP contribution in [0, 0.1) is 34.8 Å². The first-order chi connectivity index (χ1) is 22.9. The van der Waals surface area contributed by atoms with Gasteiger partial charge in [-0.2, -0.15) is 15.2 Å². The fraction of sp³-hybridized carbons (Fsp3) is 0.457. The SMILES string of the molecule is CN1CC2C[C@H]2[C@H]1COc1nc(N2CCN(C(=O)OC(C)(C)C)[C@@H](CC#N)C2)c2cnc(-c3cccc4ccc(F)c(Cl)c34)c(F)c2n1. The number of nitrogens with zero attached hydrogens (tertiary/aromatic N) is 7. The molecule has 2 aliphatic heterocycles. The van der Waals surface area contributed by atoms with E-state index in [2.05, 4.69) is 28.0 Å². The highest BCUT2D eigenvalue weighted by atomic mass is 35.5. The van der Waals surface area contributed by atoms with Crippen LogP contribution in [-0.2, 0) is 4.74 Å². The van der Waals surface area contributed by atoms with Gasteiger partial charge in [-0.25, -0.2) is 13.6 Å². The number of halogens is 3. The first-order valence-electron chi connectivity index (χ1n) is 16.1. The molecular formula is C35H36ClF2N7O3. The number of piperazine rings is 1. The van der Waals surface area contributed by atoms with E-state index < -0.39 is 29.4 Å². The highest BCUT2D eigenvalue weighted by Crippen LogP contribution is 2.49. The molecule has 1 unspecified atom stereocenters. The van der Waals surface area contributed by atoms with Crippen molar-refractivity contribution in [3.63, 3.8) is 0 Å². The molecule has 0 radical (unpaired) electrons. The van der Waals surface area contributed by atoms with Crippen LogP contribution in [0.15, 0.2) is 36.5 Å². The number of carbonyl (C=O) groups is 1. The number of carbonyl (C=O) groups excluding carboxylic acids is 1. The third kappa shape index (κ3) is 5.94. The highest BCUT2D eigenvalue weighted by Gasteiger charge is 2.51. The Morgan fingerprint density at radius 1 is 1.15 bits per heavy atom. The Morgan fingerprint density at radius 2 is 1.96 bits per heavy atom. The maximum Gasteiger partial charge on any atom is 0.410 e. The molecule has 2 aromatic carbocycles. The van der Waals surface area contributed by atoms with E-state index in [0.717, 1.165) is 6.54 Å². The number of nitriles is 1. The van der Waals surface area contributed by atoms with Gasteiger partial charge in [-0.15, -0.1) is 0 Å². The predicted octanol–water partition coefficient (Wildman–Crippen LogP) is 6.44. The molecule has 0 N–H and O–H groups in total. The van der Waals surface area contributed by atoms with Crippen molar-refractivity contribution in [2.45, 2.75) is 51.3 Å². The first-order valence-corrected chi connectivity index (χ1v) is 16.5. The maximum atomic E-state index is 16.8. The number of hydrogen-bond donors (Lipinski definition) is 0. The average Bonchev–Trinajstić information content (AvgIpc) is 3.73. The maximum absolute atomic E-state index is 16.8. The van der Waals surface area contributed by atoms with Crippen molar-refractivity contribution >= 4 is 45.2 Å². The summed E-state index contributed by atoms with van der Waals surface area (Å²) >= 11 is 6.40. The molecule has 1 amide bonds. The number of aromatic nitrogens is 3. The minimum atomic E-state index is -0.727. The molecule has 4 heterocycles. The largest absolute Gasteiger partial charge is 0.462 e. The molecular weight excluding hydrogens is 640 g/mol. The zero-order chi connectivity index (χ0) is 33.9. The van der Waals surface area contributed by atoms with E-state index in [4.69, 9.17) is 26.1 Å². The number of rotatable bonds is 6. The van der Waals surface area contributed by atoms with Crippen molar-refractivity contribution in [3.8, 4) is 23.3 Å². The van der Waals surface area contributed by atoms with Crippen LogP contribution in [0.5, 0.6) is 6.01 Å². The Bertz CT molecular complexity index is 1960. The smallest absolute Gasteiger partial charge is 0.410 e. The molecule has 4 aromatic rings. The van der Waals surface area contributed by atoms with Gasteiger partial charge in [0.2, 0.25) is 0 Å². The lowest BCUT2D eigenvalue weighted by Crippen LogP contribution is -2.56. The van der Waals surface area contributed by atoms with E-state index in [1.165, 1.54) is 18.7 Å². The van der Waals surface area contributed by atoms with Crippen LogP contribution in [0.2, 0.25) is 5.02 Å². The first kappa shape index (κ1) is 32.2. The quantitative estimate of drug-likeness (QED) is 0.228. The number of pyridine rings is 1. The number of fused-ring (bicyclic) bond motifs is 3. The zero-order valence-electron chi connectivity index (χ0n) is 27.2. The summed E-state index contributed by atoms with van der Waals surface area (Å²) in [6.07, 6.45) is 2.23. The predicted molar refractivity (Wildman–Crippen MR) is 178 cm³/mol. The summed E-state index contributed by atoms with van der Waals surface area (Å²) in [5.41, 5.74) is -0.425. The molecule has 48 heavy (non-hydrogen) atoms. The van der Waals surface area contributed by atoms with Gasteiger partial charge >= 0.3 is 12.1 Å². The molecule has 10 nitrogen and oxygen atoms in total. The summed E-state index contributed by atoms with van der Waals surface area (Å²) < 4.78 is 43.2. The van der Waals surface area contributed by atoms with Gasteiger partial charge in [-0.05, 0) is 57.5 Å². The standard InChI is InChI=1S/C35H36ClF2N7O3/c1-35(2,3)48-34(46)45-13-12-44(17-21(45)10-11-39)32-24-15-40-30(22-7-5-6-19-8-9-25(37)28(36)27(19)22)29(38)31(24)41-33(42-32)47-18-26-23-14-20(23)16-43(26)4/h5-9,15,20-21,23,26H,10,12-14,16-18H2,1-4H3/t20?,21-,23+,26+/m0/s1. The Morgan fingerprint density at radius 3 is 2.69 bits per heavy atom. The number of likely N-dealkylation sites (N-methyl/N-ethyl adjacent to an activating group) is 1.